The molecule has 19 heavy (non-hydrogen) atoms. The highest BCUT2D eigenvalue weighted by Crippen LogP contribution is 2.32. The Morgan fingerprint density at radius 1 is 1.47 bits per heavy atom. The second-order valence-electron chi connectivity index (χ2n) is 5.90. The molecule has 0 aromatic heterocycles. The lowest BCUT2D eigenvalue weighted by Crippen LogP contribution is -2.44. The van der Waals surface area contributed by atoms with Crippen LogP contribution in [0, 0.1) is 0 Å². The first-order chi connectivity index (χ1) is 9.08. The fourth-order valence-corrected chi connectivity index (χ4v) is 2.77. The summed E-state index contributed by atoms with van der Waals surface area (Å²) < 4.78 is 6.07. The monoisotopic (exact) mass is 263 g/mol. The average molecular weight is 263 g/mol. The van der Waals surface area contributed by atoms with Gasteiger partial charge in [-0.25, -0.2) is 0 Å². The zero-order valence-corrected chi connectivity index (χ0v) is 12.1. The summed E-state index contributed by atoms with van der Waals surface area (Å²) >= 11 is 0. The van der Waals surface area contributed by atoms with Crippen molar-refractivity contribution < 1.29 is 9.84 Å². The molecule has 106 valence electrons. The molecule has 0 aliphatic heterocycles. The second-order valence-corrected chi connectivity index (χ2v) is 5.90. The molecular weight excluding hydrogens is 238 g/mol. The van der Waals surface area contributed by atoms with Gasteiger partial charge in [0.1, 0.15) is 11.9 Å². The first-order valence-electron chi connectivity index (χ1n) is 7.15. The highest BCUT2D eigenvalue weighted by atomic mass is 16.5. The Kier molecular flexibility index (Phi) is 4.48. The molecule has 1 fully saturated rings. The van der Waals surface area contributed by atoms with Crippen LogP contribution in [0.25, 0.3) is 0 Å². The van der Waals surface area contributed by atoms with Crippen molar-refractivity contribution in [1.29, 1.82) is 0 Å². The smallest absolute Gasteiger partial charge is 0.120 e. The first kappa shape index (κ1) is 14.4. The maximum atomic E-state index is 9.50. The van der Waals surface area contributed by atoms with Gasteiger partial charge in [0, 0.05) is 12.0 Å². The minimum absolute atomic E-state index is 0.152. The van der Waals surface area contributed by atoms with Gasteiger partial charge in [0.25, 0.3) is 0 Å². The Morgan fingerprint density at radius 2 is 2.26 bits per heavy atom. The van der Waals surface area contributed by atoms with Crippen LogP contribution in [0.15, 0.2) is 24.3 Å². The number of nitrogens with one attached hydrogen (secondary N) is 1. The summed E-state index contributed by atoms with van der Waals surface area (Å²) in [5, 5.41) is 12.7. The van der Waals surface area contributed by atoms with Crippen LogP contribution in [-0.2, 0) is 0 Å². The van der Waals surface area contributed by atoms with E-state index in [9.17, 15) is 5.11 Å². The molecule has 2 N–H and O–H groups in total. The standard InChI is InChI=1S/C16H25NO2/c1-12(2)13-5-4-6-14(9-13)19-15-7-8-16(10-15,11-18)17-3/h4-6,9,12,15,17-18H,7-8,10-11H2,1-3H3. The van der Waals surface area contributed by atoms with Gasteiger partial charge in [-0.3, -0.25) is 0 Å². The Morgan fingerprint density at radius 3 is 2.84 bits per heavy atom. The molecule has 0 bridgehead atoms. The van der Waals surface area contributed by atoms with E-state index in [0.29, 0.717) is 5.92 Å². The molecule has 1 aliphatic rings. The third-order valence-corrected chi connectivity index (χ3v) is 4.22. The number of aliphatic hydroxyl groups excluding tert-OH is 1. The fourth-order valence-electron chi connectivity index (χ4n) is 2.77. The molecular formula is C16H25NO2. The maximum Gasteiger partial charge on any atom is 0.120 e. The molecule has 0 radical (unpaired) electrons. The lowest BCUT2D eigenvalue weighted by atomic mass is 9.99. The molecule has 2 atom stereocenters. The van der Waals surface area contributed by atoms with E-state index < -0.39 is 0 Å². The molecule has 1 saturated carbocycles. The minimum atomic E-state index is -0.152. The van der Waals surface area contributed by atoms with E-state index in [-0.39, 0.29) is 18.2 Å². The molecule has 2 unspecified atom stereocenters. The van der Waals surface area contributed by atoms with Gasteiger partial charge >= 0.3 is 0 Å². The van der Waals surface area contributed by atoms with E-state index in [0.717, 1.165) is 25.0 Å². The van der Waals surface area contributed by atoms with Crippen LogP contribution in [0.4, 0.5) is 0 Å². The summed E-state index contributed by atoms with van der Waals surface area (Å²) in [5.74, 6) is 1.46. The summed E-state index contributed by atoms with van der Waals surface area (Å²) in [7, 11) is 1.91. The van der Waals surface area contributed by atoms with Gasteiger partial charge in [-0.1, -0.05) is 26.0 Å². The van der Waals surface area contributed by atoms with Crippen molar-refractivity contribution in [3.05, 3.63) is 29.8 Å². The topological polar surface area (TPSA) is 41.5 Å². The molecule has 3 heteroatoms. The predicted octanol–water partition coefficient (Wildman–Crippen LogP) is 2.69. The Labute approximate surface area is 116 Å². The van der Waals surface area contributed by atoms with Crippen LogP contribution in [0.2, 0.25) is 0 Å². The highest BCUT2D eigenvalue weighted by molar-refractivity contribution is 5.30. The van der Waals surface area contributed by atoms with E-state index in [1.807, 2.05) is 13.1 Å². The van der Waals surface area contributed by atoms with E-state index in [1.165, 1.54) is 5.56 Å². The zero-order chi connectivity index (χ0) is 13.9. The van der Waals surface area contributed by atoms with Gasteiger partial charge in [0.2, 0.25) is 0 Å². The van der Waals surface area contributed by atoms with Crippen molar-refractivity contribution >= 4 is 0 Å². The summed E-state index contributed by atoms with van der Waals surface area (Å²) in [6.07, 6.45) is 3.02. The van der Waals surface area contributed by atoms with Gasteiger partial charge in [-0.15, -0.1) is 0 Å². The summed E-state index contributed by atoms with van der Waals surface area (Å²) in [4.78, 5) is 0. The largest absolute Gasteiger partial charge is 0.490 e. The summed E-state index contributed by atoms with van der Waals surface area (Å²) in [6, 6.07) is 8.34. The van der Waals surface area contributed by atoms with Gasteiger partial charge in [-0.2, -0.15) is 0 Å². The van der Waals surface area contributed by atoms with Crippen LogP contribution < -0.4 is 10.1 Å². The molecule has 3 nitrogen and oxygen atoms in total. The van der Waals surface area contributed by atoms with Gasteiger partial charge in [-0.05, 0) is 43.5 Å². The van der Waals surface area contributed by atoms with Crippen LogP contribution in [0.3, 0.4) is 0 Å². The second kappa shape index (κ2) is 5.93. The number of ether oxygens (including phenoxy) is 1. The third kappa shape index (κ3) is 3.28. The summed E-state index contributed by atoms with van der Waals surface area (Å²) in [6.45, 7) is 4.55. The number of hydrogen-bond donors (Lipinski definition) is 2. The lowest BCUT2D eigenvalue weighted by molar-refractivity contribution is 0.146. The average Bonchev–Trinajstić information content (AvgIpc) is 2.83. The third-order valence-electron chi connectivity index (χ3n) is 4.22. The van der Waals surface area contributed by atoms with Crippen molar-refractivity contribution in [3.8, 4) is 5.75 Å². The molecule has 1 aliphatic carbocycles. The van der Waals surface area contributed by atoms with Crippen molar-refractivity contribution in [2.75, 3.05) is 13.7 Å². The molecule has 1 aromatic rings. The number of benzene rings is 1. The summed E-state index contributed by atoms with van der Waals surface area (Å²) in [5.41, 5.74) is 1.15. The van der Waals surface area contributed by atoms with Gasteiger partial charge < -0.3 is 15.2 Å². The van der Waals surface area contributed by atoms with Gasteiger partial charge in [0.15, 0.2) is 0 Å². The molecule has 0 amide bonds. The number of rotatable bonds is 5. The van der Waals surface area contributed by atoms with Crippen molar-refractivity contribution in [2.24, 2.45) is 0 Å². The van der Waals surface area contributed by atoms with Crippen molar-refractivity contribution in [2.45, 2.75) is 50.7 Å². The molecule has 0 spiro atoms. The van der Waals surface area contributed by atoms with Crippen LogP contribution in [0.1, 0.15) is 44.6 Å². The maximum absolute atomic E-state index is 9.50. The molecule has 0 saturated heterocycles. The van der Waals surface area contributed by atoms with E-state index in [1.54, 1.807) is 0 Å². The number of aliphatic hydroxyl groups is 1. The van der Waals surface area contributed by atoms with Crippen molar-refractivity contribution in [3.63, 3.8) is 0 Å². The quantitative estimate of drug-likeness (QED) is 0.858. The predicted molar refractivity (Wildman–Crippen MR) is 77.7 cm³/mol. The number of likely N-dealkylation sites (N-methyl/N-ethyl adjacent to an activating group) is 1. The Hall–Kier alpha value is -1.06. The minimum Gasteiger partial charge on any atom is -0.490 e. The SMILES string of the molecule is CNC1(CO)CCC(Oc2cccc(C(C)C)c2)C1. The highest BCUT2D eigenvalue weighted by Gasteiger charge is 2.38. The Balaban J connectivity index is 2.01. The van der Waals surface area contributed by atoms with E-state index in [4.69, 9.17) is 4.74 Å². The van der Waals surface area contributed by atoms with Gasteiger partial charge in [0.05, 0.1) is 6.61 Å². The fraction of sp³-hybridized carbons (Fsp3) is 0.625. The number of hydrogen-bond acceptors (Lipinski definition) is 3. The van der Waals surface area contributed by atoms with E-state index >= 15 is 0 Å². The lowest BCUT2D eigenvalue weighted by Gasteiger charge is -2.26. The zero-order valence-electron chi connectivity index (χ0n) is 12.1. The molecule has 1 aromatic carbocycles. The molecule has 2 rings (SSSR count). The first-order valence-corrected chi connectivity index (χ1v) is 7.15. The van der Waals surface area contributed by atoms with Crippen LogP contribution >= 0.6 is 0 Å². The van der Waals surface area contributed by atoms with Crippen LogP contribution in [0.5, 0.6) is 5.75 Å². The Bertz CT molecular complexity index is 413. The molecule has 0 heterocycles. The van der Waals surface area contributed by atoms with E-state index in [2.05, 4.69) is 37.4 Å². The van der Waals surface area contributed by atoms with Crippen LogP contribution in [-0.4, -0.2) is 30.4 Å². The normalized spacial score (nSPS) is 26.9. The van der Waals surface area contributed by atoms with Crippen molar-refractivity contribution in [1.82, 2.24) is 5.32 Å².